The Bertz CT molecular complexity index is 1000. The van der Waals surface area contributed by atoms with Gasteiger partial charge in [-0.1, -0.05) is 62.3 Å². The van der Waals surface area contributed by atoms with Crippen LogP contribution in [0, 0.1) is 11.3 Å². The SMILES string of the molecule is COc1c(C(C)(C)C)cc2cc(C(C)(C)C)c(OC)c3c2c1CC(C(C)(C)C)C3=O. The van der Waals surface area contributed by atoms with Crippen LogP contribution in [-0.2, 0) is 17.3 Å². The lowest BCUT2D eigenvalue weighted by Crippen LogP contribution is -2.34. The number of rotatable bonds is 2. The van der Waals surface area contributed by atoms with Crippen LogP contribution in [0.15, 0.2) is 12.1 Å². The highest BCUT2D eigenvalue weighted by atomic mass is 16.5. The van der Waals surface area contributed by atoms with E-state index in [1.54, 1.807) is 14.2 Å². The largest absolute Gasteiger partial charge is 0.496 e. The molecular weight excluding hydrogens is 372 g/mol. The molecule has 3 nitrogen and oxygen atoms in total. The van der Waals surface area contributed by atoms with E-state index in [0.717, 1.165) is 39.0 Å². The molecule has 0 N–H and O–H groups in total. The van der Waals surface area contributed by atoms with Crippen LogP contribution in [0.4, 0.5) is 0 Å². The Morgan fingerprint density at radius 2 is 1.27 bits per heavy atom. The molecule has 0 heterocycles. The van der Waals surface area contributed by atoms with Gasteiger partial charge in [0.1, 0.15) is 11.5 Å². The maximum Gasteiger partial charge on any atom is 0.171 e. The van der Waals surface area contributed by atoms with Crippen LogP contribution >= 0.6 is 0 Å². The molecule has 1 aliphatic rings. The summed E-state index contributed by atoms with van der Waals surface area (Å²) in [4.78, 5) is 13.9. The lowest BCUT2D eigenvalue weighted by atomic mass is 9.67. The summed E-state index contributed by atoms with van der Waals surface area (Å²) in [6.45, 7) is 19.6. The van der Waals surface area contributed by atoms with Gasteiger partial charge in [-0.25, -0.2) is 0 Å². The third-order valence-corrected chi connectivity index (χ3v) is 6.47. The van der Waals surface area contributed by atoms with Crippen molar-refractivity contribution in [2.75, 3.05) is 14.2 Å². The zero-order valence-corrected chi connectivity index (χ0v) is 20.7. The molecule has 2 aromatic carbocycles. The zero-order chi connectivity index (χ0) is 22.8. The van der Waals surface area contributed by atoms with Crippen molar-refractivity contribution >= 4 is 16.6 Å². The minimum Gasteiger partial charge on any atom is -0.496 e. The van der Waals surface area contributed by atoms with Crippen LogP contribution in [0.3, 0.4) is 0 Å². The Morgan fingerprint density at radius 3 is 1.67 bits per heavy atom. The van der Waals surface area contributed by atoms with Gasteiger partial charge in [-0.2, -0.15) is 0 Å². The highest BCUT2D eigenvalue weighted by Crippen LogP contribution is 2.51. The summed E-state index contributed by atoms with van der Waals surface area (Å²) >= 11 is 0. The number of Topliss-reactive ketones (excluding diaryl/α,β-unsaturated/α-hetero) is 1. The Labute approximate surface area is 182 Å². The number of carbonyl (C=O) groups is 1. The van der Waals surface area contributed by atoms with E-state index in [-0.39, 0.29) is 27.9 Å². The molecule has 0 fully saturated rings. The first-order chi connectivity index (χ1) is 13.6. The number of hydrogen-bond donors (Lipinski definition) is 0. The van der Waals surface area contributed by atoms with Crippen molar-refractivity contribution in [2.45, 2.75) is 79.6 Å². The van der Waals surface area contributed by atoms with Crippen molar-refractivity contribution < 1.29 is 14.3 Å². The predicted molar refractivity (Wildman–Crippen MR) is 125 cm³/mol. The second-order valence-electron chi connectivity index (χ2n) is 11.9. The summed E-state index contributed by atoms with van der Waals surface area (Å²) in [5, 5.41) is 2.12. The summed E-state index contributed by atoms with van der Waals surface area (Å²) in [5.41, 5.74) is 3.76. The zero-order valence-electron chi connectivity index (χ0n) is 20.7. The van der Waals surface area contributed by atoms with Gasteiger partial charge in [-0.3, -0.25) is 4.79 Å². The molecule has 2 aromatic rings. The number of hydrogen-bond acceptors (Lipinski definition) is 3. The van der Waals surface area contributed by atoms with Gasteiger partial charge < -0.3 is 9.47 Å². The normalized spacial score (nSPS) is 17.4. The van der Waals surface area contributed by atoms with Gasteiger partial charge in [0.25, 0.3) is 0 Å². The third kappa shape index (κ3) is 3.50. The molecule has 0 aromatic heterocycles. The van der Waals surface area contributed by atoms with E-state index in [4.69, 9.17) is 9.47 Å². The fourth-order valence-electron chi connectivity index (χ4n) is 4.78. The lowest BCUT2D eigenvalue weighted by Gasteiger charge is -2.37. The molecule has 30 heavy (non-hydrogen) atoms. The number of carbonyl (C=O) groups excluding carboxylic acids is 1. The molecule has 1 unspecified atom stereocenters. The second-order valence-corrected chi connectivity index (χ2v) is 11.9. The Balaban J connectivity index is 2.59. The van der Waals surface area contributed by atoms with E-state index in [2.05, 4.69) is 74.4 Å². The van der Waals surface area contributed by atoms with E-state index in [0.29, 0.717) is 6.42 Å². The average Bonchev–Trinajstić information content (AvgIpc) is 2.60. The van der Waals surface area contributed by atoms with Crippen LogP contribution in [0.1, 0.15) is 89.4 Å². The third-order valence-electron chi connectivity index (χ3n) is 6.47. The molecule has 0 aliphatic heterocycles. The molecule has 0 saturated carbocycles. The summed E-state index contributed by atoms with van der Waals surface area (Å²) in [6.07, 6.45) is 0.691. The highest BCUT2D eigenvalue weighted by Gasteiger charge is 2.42. The summed E-state index contributed by atoms with van der Waals surface area (Å²) in [6, 6.07) is 4.45. The first-order valence-electron chi connectivity index (χ1n) is 10.9. The maximum atomic E-state index is 13.9. The van der Waals surface area contributed by atoms with Gasteiger partial charge in [0, 0.05) is 28.0 Å². The quantitative estimate of drug-likeness (QED) is 0.543. The van der Waals surface area contributed by atoms with Crippen molar-refractivity contribution in [3.05, 3.63) is 34.4 Å². The average molecular weight is 411 g/mol. The number of benzene rings is 2. The van der Waals surface area contributed by atoms with Gasteiger partial charge in [0.05, 0.1) is 19.8 Å². The Kier molecular flexibility index (Phi) is 5.29. The van der Waals surface area contributed by atoms with E-state index in [9.17, 15) is 4.79 Å². The van der Waals surface area contributed by atoms with Crippen molar-refractivity contribution in [2.24, 2.45) is 11.3 Å². The fraction of sp³-hybridized carbons (Fsp3) is 0.593. The minimum absolute atomic E-state index is 0.0727. The van der Waals surface area contributed by atoms with E-state index >= 15 is 0 Å². The summed E-state index contributed by atoms with van der Waals surface area (Å²) < 4.78 is 11.9. The van der Waals surface area contributed by atoms with Crippen LogP contribution in [-0.4, -0.2) is 20.0 Å². The van der Waals surface area contributed by atoms with Crippen molar-refractivity contribution in [1.82, 2.24) is 0 Å². The van der Waals surface area contributed by atoms with Crippen molar-refractivity contribution in [3.8, 4) is 11.5 Å². The molecule has 3 heteroatoms. The number of ether oxygens (including phenoxy) is 2. The van der Waals surface area contributed by atoms with Crippen molar-refractivity contribution in [1.29, 1.82) is 0 Å². The molecule has 164 valence electrons. The standard InChI is InChI=1S/C27H38O3/c1-25(2,3)17-14-16-20-15(12-18(23(16)29-10)26(4,5)6)13-19(27(7,8)9)24(30-11)21(20)22(17)28/h12-13,17H,14H2,1-11H3. The van der Waals surface area contributed by atoms with Crippen LogP contribution < -0.4 is 9.47 Å². The summed E-state index contributed by atoms with van der Waals surface area (Å²) in [7, 11) is 3.43. The first-order valence-corrected chi connectivity index (χ1v) is 10.9. The van der Waals surface area contributed by atoms with E-state index in [1.807, 2.05) is 0 Å². The molecule has 0 bridgehead atoms. The Morgan fingerprint density at radius 1 is 0.800 bits per heavy atom. The van der Waals surface area contributed by atoms with Gasteiger partial charge in [0.2, 0.25) is 0 Å². The molecule has 0 radical (unpaired) electrons. The monoisotopic (exact) mass is 410 g/mol. The van der Waals surface area contributed by atoms with Crippen molar-refractivity contribution in [3.63, 3.8) is 0 Å². The molecule has 0 amide bonds. The molecule has 1 atom stereocenters. The maximum absolute atomic E-state index is 13.9. The molecular formula is C27H38O3. The fourth-order valence-corrected chi connectivity index (χ4v) is 4.78. The Hall–Kier alpha value is -2.03. The van der Waals surface area contributed by atoms with E-state index in [1.165, 1.54) is 5.56 Å². The number of methoxy groups -OCH3 is 2. The van der Waals surface area contributed by atoms with Gasteiger partial charge in [0.15, 0.2) is 5.78 Å². The van der Waals surface area contributed by atoms with E-state index < -0.39 is 0 Å². The lowest BCUT2D eigenvalue weighted by molar-refractivity contribution is 0.0808. The highest BCUT2D eigenvalue weighted by molar-refractivity contribution is 6.16. The van der Waals surface area contributed by atoms with Crippen LogP contribution in [0.5, 0.6) is 11.5 Å². The smallest absolute Gasteiger partial charge is 0.171 e. The molecule has 0 spiro atoms. The van der Waals surface area contributed by atoms with Crippen LogP contribution in [0.2, 0.25) is 0 Å². The predicted octanol–water partition coefficient (Wildman–Crippen LogP) is 6.85. The molecule has 3 rings (SSSR count). The topological polar surface area (TPSA) is 35.5 Å². The van der Waals surface area contributed by atoms with Gasteiger partial charge in [-0.05, 0) is 40.2 Å². The second kappa shape index (κ2) is 7.00. The summed E-state index contributed by atoms with van der Waals surface area (Å²) in [5.74, 6) is 1.71. The van der Waals surface area contributed by atoms with Crippen LogP contribution in [0.25, 0.3) is 10.8 Å². The van der Waals surface area contributed by atoms with Gasteiger partial charge in [-0.15, -0.1) is 0 Å². The number of ketones is 1. The molecule has 1 aliphatic carbocycles. The first kappa shape index (κ1) is 22.7. The minimum atomic E-state index is -0.160. The molecule has 0 saturated heterocycles. The van der Waals surface area contributed by atoms with Gasteiger partial charge >= 0.3 is 0 Å².